The van der Waals surface area contributed by atoms with Gasteiger partial charge in [0.25, 0.3) is 0 Å². The summed E-state index contributed by atoms with van der Waals surface area (Å²) in [5.74, 6) is 1.87. The van der Waals surface area contributed by atoms with Crippen LogP contribution in [0.4, 0.5) is 0 Å². The first-order chi connectivity index (χ1) is 14.7. The second kappa shape index (κ2) is 25.0. The van der Waals surface area contributed by atoms with Crippen molar-refractivity contribution in [2.45, 2.75) is 155 Å². The maximum absolute atomic E-state index is 3.92. The quantitative estimate of drug-likeness (QED) is 0.108. The van der Waals surface area contributed by atoms with Crippen LogP contribution in [0.1, 0.15) is 155 Å². The average molecular weight is 419 g/mol. The molecule has 2 radical (unpaired) electrons. The number of rotatable bonds is 24. The molecule has 0 aliphatic heterocycles. The van der Waals surface area contributed by atoms with Crippen LogP contribution in [0.25, 0.3) is 0 Å². The highest BCUT2D eigenvalue weighted by atomic mass is 14.1. The van der Waals surface area contributed by atoms with Gasteiger partial charge in [-0.05, 0) is 37.5 Å². The lowest BCUT2D eigenvalue weighted by molar-refractivity contribution is 0.410. The zero-order chi connectivity index (χ0) is 22.1. The highest BCUT2D eigenvalue weighted by Gasteiger charge is 2.04. The van der Waals surface area contributed by atoms with E-state index in [0.29, 0.717) is 0 Å². The van der Waals surface area contributed by atoms with Gasteiger partial charge in [-0.15, -0.1) is 0 Å². The fourth-order valence-electron chi connectivity index (χ4n) is 4.43. The van der Waals surface area contributed by atoms with Crippen LogP contribution in [0.5, 0.6) is 0 Å². The Morgan fingerprint density at radius 3 is 1.20 bits per heavy atom. The first-order valence-corrected chi connectivity index (χ1v) is 13.9. The Balaban J connectivity index is 3.32. The molecule has 0 aliphatic rings. The van der Waals surface area contributed by atoms with Crippen molar-refractivity contribution in [2.24, 2.45) is 11.8 Å². The summed E-state index contributed by atoms with van der Waals surface area (Å²) in [6.07, 6.45) is 35.0. The summed E-state index contributed by atoms with van der Waals surface area (Å²) in [5.41, 5.74) is 0. The van der Waals surface area contributed by atoms with Crippen LogP contribution in [-0.4, -0.2) is 0 Å². The summed E-state index contributed by atoms with van der Waals surface area (Å²) in [7, 11) is 0. The molecule has 178 valence electrons. The van der Waals surface area contributed by atoms with E-state index in [1.807, 2.05) is 0 Å². The molecule has 0 amide bonds. The van der Waals surface area contributed by atoms with Gasteiger partial charge in [-0.3, -0.25) is 0 Å². The lowest BCUT2D eigenvalue weighted by Crippen LogP contribution is -1.97. The van der Waals surface area contributed by atoms with E-state index >= 15 is 0 Å². The van der Waals surface area contributed by atoms with Crippen molar-refractivity contribution in [3.8, 4) is 0 Å². The van der Waals surface area contributed by atoms with Crippen molar-refractivity contribution in [1.29, 1.82) is 0 Å². The molecule has 30 heavy (non-hydrogen) atoms. The standard InChI is InChI=1S/C30H58/c1-5-7-9-11-13-15-17-19-22-26-30(4)28-24-20-23-27-29(3)25-21-18-16-14-12-10-8-6-2/h13,15,29-30H,1-2,5-12,14,16-28H2,3-4H3/b15-13+. The summed E-state index contributed by atoms with van der Waals surface area (Å²) in [4.78, 5) is 0. The summed E-state index contributed by atoms with van der Waals surface area (Å²) >= 11 is 0. The van der Waals surface area contributed by atoms with E-state index < -0.39 is 0 Å². The Morgan fingerprint density at radius 2 is 0.733 bits per heavy atom. The van der Waals surface area contributed by atoms with E-state index in [2.05, 4.69) is 39.8 Å². The Labute approximate surface area is 193 Å². The molecular weight excluding hydrogens is 360 g/mol. The second-order valence-electron chi connectivity index (χ2n) is 10.1. The largest absolute Gasteiger partial charge is 0.0885 e. The molecule has 0 aromatic rings. The minimum absolute atomic E-state index is 0.928. The molecule has 2 atom stereocenters. The van der Waals surface area contributed by atoms with Crippen molar-refractivity contribution >= 4 is 0 Å². The third-order valence-electron chi connectivity index (χ3n) is 6.70. The Morgan fingerprint density at radius 1 is 0.433 bits per heavy atom. The third kappa shape index (κ3) is 24.0. The molecule has 0 nitrogen and oxygen atoms in total. The first kappa shape index (κ1) is 29.7. The van der Waals surface area contributed by atoms with E-state index in [1.165, 1.54) is 128 Å². The van der Waals surface area contributed by atoms with Gasteiger partial charge in [-0.2, -0.15) is 0 Å². The predicted octanol–water partition coefficient (Wildman–Crippen LogP) is 11.1. The fraction of sp³-hybridized carbons (Fsp3) is 0.867. The smallest absolute Gasteiger partial charge is 0.0351 e. The van der Waals surface area contributed by atoms with Crippen LogP contribution in [0, 0.1) is 25.7 Å². The van der Waals surface area contributed by atoms with E-state index in [9.17, 15) is 0 Å². The van der Waals surface area contributed by atoms with Gasteiger partial charge < -0.3 is 0 Å². The lowest BCUT2D eigenvalue weighted by atomic mass is 9.93. The predicted molar refractivity (Wildman–Crippen MR) is 140 cm³/mol. The summed E-state index contributed by atoms with van der Waals surface area (Å²) < 4.78 is 0. The van der Waals surface area contributed by atoms with Gasteiger partial charge >= 0.3 is 0 Å². The van der Waals surface area contributed by atoms with Gasteiger partial charge in [0.2, 0.25) is 0 Å². The van der Waals surface area contributed by atoms with Crippen LogP contribution in [0.3, 0.4) is 0 Å². The van der Waals surface area contributed by atoms with Crippen molar-refractivity contribution in [3.63, 3.8) is 0 Å². The fourth-order valence-corrected chi connectivity index (χ4v) is 4.43. The van der Waals surface area contributed by atoms with Gasteiger partial charge in [-0.1, -0.05) is 155 Å². The SMILES string of the molecule is [CH2]CCCC/C=C/CCCCC(C)CCCCCC(C)CCCCCCCCC[CH2]. The Kier molecular flexibility index (Phi) is 24.8. The van der Waals surface area contributed by atoms with Gasteiger partial charge in [0.15, 0.2) is 0 Å². The molecule has 0 aromatic heterocycles. The monoisotopic (exact) mass is 418 g/mol. The van der Waals surface area contributed by atoms with Crippen LogP contribution < -0.4 is 0 Å². The molecule has 0 aliphatic carbocycles. The normalized spacial score (nSPS) is 13.9. The van der Waals surface area contributed by atoms with Gasteiger partial charge in [0, 0.05) is 0 Å². The number of hydrogen-bond donors (Lipinski definition) is 0. The van der Waals surface area contributed by atoms with E-state index in [-0.39, 0.29) is 0 Å². The molecule has 0 bridgehead atoms. The molecule has 0 N–H and O–H groups in total. The van der Waals surface area contributed by atoms with Crippen LogP contribution >= 0.6 is 0 Å². The minimum Gasteiger partial charge on any atom is -0.0885 e. The van der Waals surface area contributed by atoms with Crippen molar-refractivity contribution in [1.82, 2.24) is 0 Å². The Hall–Kier alpha value is -0.260. The van der Waals surface area contributed by atoms with E-state index in [1.54, 1.807) is 0 Å². The highest BCUT2D eigenvalue weighted by Crippen LogP contribution is 2.21. The lowest BCUT2D eigenvalue weighted by Gasteiger charge is -2.13. The third-order valence-corrected chi connectivity index (χ3v) is 6.70. The minimum atomic E-state index is 0.928. The second-order valence-corrected chi connectivity index (χ2v) is 10.1. The molecule has 0 aromatic carbocycles. The molecule has 0 heteroatoms. The van der Waals surface area contributed by atoms with Crippen LogP contribution in [0.2, 0.25) is 0 Å². The summed E-state index contributed by atoms with van der Waals surface area (Å²) in [6, 6.07) is 0. The zero-order valence-electron chi connectivity index (χ0n) is 21.3. The summed E-state index contributed by atoms with van der Waals surface area (Å²) in [5, 5.41) is 0. The van der Waals surface area contributed by atoms with Crippen molar-refractivity contribution in [2.75, 3.05) is 0 Å². The number of hydrogen-bond acceptors (Lipinski definition) is 0. The van der Waals surface area contributed by atoms with E-state index in [0.717, 1.165) is 24.7 Å². The van der Waals surface area contributed by atoms with Crippen LogP contribution in [-0.2, 0) is 0 Å². The van der Waals surface area contributed by atoms with Gasteiger partial charge in [0.05, 0.1) is 0 Å². The average Bonchev–Trinajstić information content (AvgIpc) is 2.74. The molecule has 0 saturated carbocycles. The van der Waals surface area contributed by atoms with Crippen molar-refractivity contribution < 1.29 is 0 Å². The maximum atomic E-state index is 3.92. The molecule has 0 saturated heterocycles. The zero-order valence-corrected chi connectivity index (χ0v) is 21.3. The van der Waals surface area contributed by atoms with Crippen LogP contribution in [0.15, 0.2) is 12.2 Å². The van der Waals surface area contributed by atoms with E-state index in [4.69, 9.17) is 0 Å². The van der Waals surface area contributed by atoms with Gasteiger partial charge in [-0.25, -0.2) is 0 Å². The molecule has 0 heterocycles. The van der Waals surface area contributed by atoms with Crippen molar-refractivity contribution in [3.05, 3.63) is 26.0 Å². The molecule has 0 spiro atoms. The molecule has 0 rings (SSSR count). The molecular formula is C30H58. The molecule has 2 unspecified atom stereocenters. The number of unbranched alkanes of at least 4 members (excludes halogenated alkanes) is 14. The molecule has 0 fully saturated rings. The highest BCUT2D eigenvalue weighted by molar-refractivity contribution is 4.81. The topological polar surface area (TPSA) is 0 Å². The maximum Gasteiger partial charge on any atom is -0.0351 e. The van der Waals surface area contributed by atoms with Gasteiger partial charge in [0.1, 0.15) is 0 Å². The summed E-state index contributed by atoms with van der Waals surface area (Å²) in [6.45, 7) is 12.8. The number of allylic oxidation sites excluding steroid dienone is 2. The first-order valence-electron chi connectivity index (χ1n) is 13.9. The Bertz CT molecular complexity index is 329.